The average Bonchev–Trinajstić information content (AvgIpc) is 2.92. The van der Waals surface area contributed by atoms with Gasteiger partial charge in [-0.15, -0.1) is 0 Å². The lowest BCUT2D eigenvalue weighted by molar-refractivity contribution is -0.121. The van der Waals surface area contributed by atoms with Gasteiger partial charge in [-0.25, -0.2) is 4.79 Å². The SMILES string of the molecule is CC(C)(C)OC(=O)NC1CCCCC1C(=O)Nc1cc(Oc2ccc(C(=N)N)cc2)cc(Oc2ccc(C(N)=O)cc2)c1. The van der Waals surface area contributed by atoms with E-state index < -0.39 is 23.5 Å². The van der Waals surface area contributed by atoms with Gasteiger partial charge in [0, 0.05) is 41.1 Å². The number of amidine groups is 1. The van der Waals surface area contributed by atoms with Gasteiger partial charge in [0.15, 0.2) is 0 Å². The van der Waals surface area contributed by atoms with Crippen molar-refractivity contribution in [2.45, 2.75) is 58.1 Å². The van der Waals surface area contributed by atoms with Gasteiger partial charge in [-0.2, -0.15) is 0 Å². The summed E-state index contributed by atoms with van der Waals surface area (Å²) < 4.78 is 17.5. The number of carbonyl (C=O) groups is 3. The molecule has 11 nitrogen and oxygen atoms in total. The number of nitrogens with one attached hydrogen (secondary N) is 3. The monoisotopic (exact) mass is 587 g/mol. The lowest BCUT2D eigenvalue weighted by atomic mass is 9.84. The maximum absolute atomic E-state index is 13.5. The molecular formula is C32H37N5O6. The van der Waals surface area contributed by atoms with Gasteiger partial charge in [-0.3, -0.25) is 15.0 Å². The maximum Gasteiger partial charge on any atom is 0.407 e. The molecule has 0 aromatic heterocycles. The van der Waals surface area contributed by atoms with Crippen molar-refractivity contribution in [2.75, 3.05) is 5.32 Å². The Balaban J connectivity index is 1.57. The number of ether oxygens (including phenoxy) is 3. The second-order valence-corrected chi connectivity index (χ2v) is 11.4. The van der Waals surface area contributed by atoms with Crippen LogP contribution in [0.2, 0.25) is 0 Å². The summed E-state index contributed by atoms with van der Waals surface area (Å²) in [4.78, 5) is 37.4. The summed E-state index contributed by atoms with van der Waals surface area (Å²) in [6.07, 6.45) is 2.47. The molecule has 1 fully saturated rings. The zero-order valence-corrected chi connectivity index (χ0v) is 24.4. The van der Waals surface area contributed by atoms with Crippen LogP contribution in [-0.2, 0) is 9.53 Å². The molecule has 0 radical (unpaired) electrons. The molecule has 226 valence electrons. The van der Waals surface area contributed by atoms with Crippen LogP contribution in [0, 0.1) is 11.3 Å². The minimum Gasteiger partial charge on any atom is -0.457 e. The standard InChI is InChI=1S/C32H37N5O6/c1-32(2,3)43-31(40)37-27-7-5-4-6-26(27)30(39)36-21-16-24(41-22-12-8-19(9-13-22)28(33)34)18-25(17-21)42-23-14-10-20(11-15-23)29(35)38/h8-18,26-27H,4-7H2,1-3H3,(H3,33,34)(H2,35,38)(H,36,39)(H,37,40). The van der Waals surface area contributed by atoms with Crippen molar-refractivity contribution in [1.82, 2.24) is 5.32 Å². The van der Waals surface area contributed by atoms with E-state index in [4.69, 9.17) is 31.1 Å². The molecule has 11 heteroatoms. The second kappa shape index (κ2) is 13.3. The van der Waals surface area contributed by atoms with E-state index in [0.29, 0.717) is 52.7 Å². The number of amides is 3. The highest BCUT2D eigenvalue weighted by Gasteiger charge is 2.33. The van der Waals surface area contributed by atoms with E-state index in [1.807, 2.05) is 0 Å². The molecule has 0 bridgehead atoms. The van der Waals surface area contributed by atoms with Crippen LogP contribution < -0.4 is 31.6 Å². The Labute approximate surface area is 250 Å². The minimum atomic E-state index is -0.653. The van der Waals surface area contributed by atoms with Gasteiger partial charge in [0.1, 0.15) is 34.4 Å². The van der Waals surface area contributed by atoms with Crippen molar-refractivity contribution >= 4 is 29.4 Å². The van der Waals surface area contributed by atoms with Crippen LogP contribution in [0.1, 0.15) is 62.4 Å². The molecule has 0 saturated heterocycles. The van der Waals surface area contributed by atoms with Crippen molar-refractivity contribution in [3.63, 3.8) is 0 Å². The summed E-state index contributed by atoms with van der Waals surface area (Å²) in [5, 5.41) is 13.4. The molecule has 1 aliphatic carbocycles. The first-order valence-electron chi connectivity index (χ1n) is 14.0. The van der Waals surface area contributed by atoms with Crippen LogP contribution in [0.3, 0.4) is 0 Å². The number of alkyl carbamates (subject to hydrolysis) is 1. The zero-order valence-electron chi connectivity index (χ0n) is 24.4. The fraction of sp³-hybridized carbons (Fsp3) is 0.312. The van der Waals surface area contributed by atoms with Crippen LogP contribution in [-0.4, -0.2) is 35.4 Å². The van der Waals surface area contributed by atoms with Gasteiger partial charge in [-0.05, 0) is 82.1 Å². The summed E-state index contributed by atoms with van der Waals surface area (Å²) in [5.41, 5.74) is 11.6. The quantitative estimate of drug-likeness (QED) is 0.158. The topological polar surface area (TPSA) is 179 Å². The predicted octanol–water partition coefficient (Wildman–Crippen LogP) is 5.68. The summed E-state index contributed by atoms with van der Waals surface area (Å²) in [7, 11) is 0. The minimum absolute atomic E-state index is 0.0588. The molecule has 4 rings (SSSR count). The number of rotatable bonds is 9. The van der Waals surface area contributed by atoms with E-state index >= 15 is 0 Å². The van der Waals surface area contributed by atoms with Crippen molar-refractivity contribution in [3.8, 4) is 23.0 Å². The van der Waals surface area contributed by atoms with Crippen molar-refractivity contribution in [3.05, 3.63) is 77.9 Å². The molecule has 0 aliphatic heterocycles. The Morgan fingerprint density at radius 1 is 0.791 bits per heavy atom. The number of hydrogen-bond acceptors (Lipinski definition) is 7. The molecule has 1 saturated carbocycles. The fourth-order valence-electron chi connectivity index (χ4n) is 4.74. The Hall–Kier alpha value is -5.06. The van der Waals surface area contributed by atoms with Gasteiger partial charge in [0.05, 0.1) is 5.92 Å². The normalized spacial score (nSPS) is 16.4. The van der Waals surface area contributed by atoms with Gasteiger partial charge >= 0.3 is 6.09 Å². The number of benzene rings is 3. The number of primary amides is 1. The number of nitrogen functional groups attached to an aromatic ring is 1. The molecule has 0 heterocycles. The van der Waals surface area contributed by atoms with Crippen LogP contribution >= 0.6 is 0 Å². The highest BCUT2D eigenvalue weighted by Crippen LogP contribution is 2.34. The molecule has 2 unspecified atom stereocenters. The van der Waals surface area contributed by atoms with Gasteiger partial charge in [-0.1, -0.05) is 12.8 Å². The molecular weight excluding hydrogens is 550 g/mol. The van der Waals surface area contributed by atoms with Crippen LogP contribution in [0.5, 0.6) is 23.0 Å². The van der Waals surface area contributed by atoms with E-state index in [1.54, 1.807) is 87.5 Å². The molecule has 7 N–H and O–H groups in total. The first-order valence-corrected chi connectivity index (χ1v) is 14.0. The first-order chi connectivity index (χ1) is 20.4. The molecule has 2 atom stereocenters. The van der Waals surface area contributed by atoms with E-state index in [0.717, 1.165) is 12.8 Å². The Bertz CT molecular complexity index is 1400. The molecule has 3 aromatic carbocycles. The lowest BCUT2D eigenvalue weighted by Crippen LogP contribution is -2.48. The highest BCUT2D eigenvalue weighted by molar-refractivity contribution is 5.95. The summed E-state index contributed by atoms with van der Waals surface area (Å²) in [5.74, 6) is 0.354. The van der Waals surface area contributed by atoms with E-state index in [2.05, 4.69) is 10.6 Å². The molecule has 3 aromatic rings. The van der Waals surface area contributed by atoms with E-state index in [-0.39, 0.29) is 17.8 Å². The highest BCUT2D eigenvalue weighted by atomic mass is 16.6. The van der Waals surface area contributed by atoms with E-state index in [1.165, 1.54) is 0 Å². The van der Waals surface area contributed by atoms with Crippen molar-refractivity contribution in [2.24, 2.45) is 17.4 Å². The Morgan fingerprint density at radius 3 is 1.84 bits per heavy atom. The average molecular weight is 588 g/mol. The number of anilines is 1. The van der Waals surface area contributed by atoms with Crippen LogP contribution in [0.15, 0.2) is 66.7 Å². The summed E-state index contributed by atoms with van der Waals surface area (Å²) in [6, 6.07) is 17.6. The summed E-state index contributed by atoms with van der Waals surface area (Å²) in [6.45, 7) is 5.36. The third-order valence-corrected chi connectivity index (χ3v) is 6.73. The van der Waals surface area contributed by atoms with Gasteiger partial charge < -0.3 is 36.3 Å². The summed E-state index contributed by atoms with van der Waals surface area (Å²) >= 11 is 0. The van der Waals surface area contributed by atoms with Crippen LogP contribution in [0.4, 0.5) is 10.5 Å². The van der Waals surface area contributed by atoms with Crippen molar-refractivity contribution in [1.29, 1.82) is 5.41 Å². The first kappa shape index (κ1) is 30.9. The Kier molecular flexibility index (Phi) is 9.54. The molecule has 3 amide bonds. The largest absolute Gasteiger partial charge is 0.457 e. The third kappa shape index (κ3) is 8.96. The van der Waals surface area contributed by atoms with Gasteiger partial charge in [0.2, 0.25) is 11.8 Å². The number of hydrogen-bond donors (Lipinski definition) is 5. The van der Waals surface area contributed by atoms with Crippen molar-refractivity contribution < 1.29 is 28.6 Å². The zero-order chi connectivity index (χ0) is 31.1. The molecule has 43 heavy (non-hydrogen) atoms. The number of nitrogens with two attached hydrogens (primary N) is 2. The maximum atomic E-state index is 13.5. The number of carbonyl (C=O) groups excluding carboxylic acids is 3. The van der Waals surface area contributed by atoms with E-state index in [9.17, 15) is 14.4 Å². The molecule has 1 aliphatic rings. The lowest BCUT2D eigenvalue weighted by Gasteiger charge is -2.32. The smallest absolute Gasteiger partial charge is 0.407 e. The second-order valence-electron chi connectivity index (χ2n) is 11.4. The predicted molar refractivity (Wildman–Crippen MR) is 163 cm³/mol. The van der Waals surface area contributed by atoms with Gasteiger partial charge in [0.25, 0.3) is 0 Å². The third-order valence-electron chi connectivity index (χ3n) is 6.73. The van der Waals surface area contributed by atoms with Crippen LogP contribution in [0.25, 0.3) is 0 Å². The Morgan fingerprint density at radius 2 is 1.33 bits per heavy atom. The molecule has 0 spiro atoms. The fourth-order valence-corrected chi connectivity index (χ4v) is 4.74.